The first-order valence-corrected chi connectivity index (χ1v) is 6.45. The van der Waals surface area contributed by atoms with Crippen LogP contribution in [0.2, 0.25) is 0 Å². The third-order valence-corrected chi connectivity index (χ3v) is 5.07. The zero-order valence-corrected chi connectivity index (χ0v) is 9.28. The molecule has 0 amide bonds. The van der Waals surface area contributed by atoms with Crippen molar-refractivity contribution < 1.29 is 0 Å². The molecule has 0 aromatic carbocycles. The van der Waals surface area contributed by atoms with Crippen LogP contribution < -0.4 is 5.73 Å². The fraction of sp³-hybridized carbons (Fsp3) is 1.00. The summed E-state index contributed by atoms with van der Waals surface area (Å²) in [4.78, 5) is 2.58. The van der Waals surface area contributed by atoms with Crippen molar-refractivity contribution in [3.05, 3.63) is 0 Å². The highest BCUT2D eigenvalue weighted by molar-refractivity contribution is 7.99. The fourth-order valence-electron chi connectivity index (χ4n) is 2.34. The van der Waals surface area contributed by atoms with Crippen LogP contribution in [0, 0.1) is 0 Å². The van der Waals surface area contributed by atoms with Crippen LogP contribution in [-0.2, 0) is 0 Å². The van der Waals surface area contributed by atoms with Gasteiger partial charge in [0.25, 0.3) is 0 Å². The molecule has 2 rings (SSSR count). The maximum absolute atomic E-state index is 5.93. The fourth-order valence-corrected chi connectivity index (χ4v) is 3.86. The molecule has 0 aromatic heterocycles. The number of likely N-dealkylation sites (N-methyl/N-ethyl adjacent to an activating group) is 1. The minimum atomic E-state index is 0.343. The molecule has 13 heavy (non-hydrogen) atoms. The van der Waals surface area contributed by atoms with Gasteiger partial charge >= 0.3 is 0 Å². The van der Waals surface area contributed by atoms with Gasteiger partial charge < -0.3 is 5.73 Å². The molecule has 76 valence electrons. The Morgan fingerprint density at radius 3 is 2.69 bits per heavy atom. The molecule has 1 aliphatic carbocycles. The topological polar surface area (TPSA) is 29.3 Å². The first-order chi connectivity index (χ1) is 6.28. The third kappa shape index (κ3) is 1.62. The predicted octanol–water partition coefficient (Wildman–Crippen LogP) is 1.31. The van der Waals surface area contributed by atoms with Gasteiger partial charge in [0.1, 0.15) is 0 Å². The maximum Gasteiger partial charge on any atom is 0.0429 e. The molecule has 0 bridgehead atoms. The molecule has 1 saturated heterocycles. The standard InChI is InChI=1S/C10H20N2S/c1-12(9-3-2-4-9)10(7-11)5-6-13-8-10/h9H,2-8,11H2,1H3. The Labute approximate surface area is 85.2 Å². The van der Waals surface area contributed by atoms with E-state index < -0.39 is 0 Å². The van der Waals surface area contributed by atoms with Gasteiger partial charge in [0.05, 0.1) is 0 Å². The summed E-state index contributed by atoms with van der Waals surface area (Å²) in [7, 11) is 2.28. The van der Waals surface area contributed by atoms with Crippen molar-refractivity contribution in [2.45, 2.75) is 37.3 Å². The summed E-state index contributed by atoms with van der Waals surface area (Å²) in [5.74, 6) is 2.55. The highest BCUT2D eigenvalue weighted by Gasteiger charge is 2.41. The van der Waals surface area contributed by atoms with E-state index >= 15 is 0 Å². The molecule has 2 fully saturated rings. The van der Waals surface area contributed by atoms with Crippen molar-refractivity contribution in [1.29, 1.82) is 0 Å². The van der Waals surface area contributed by atoms with Gasteiger partial charge in [-0.1, -0.05) is 6.42 Å². The summed E-state index contributed by atoms with van der Waals surface area (Å²) < 4.78 is 0. The van der Waals surface area contributed by atoms with E-state index in [4.69, 9.17) is 5.73 Å². The molecule has 1 aliphatic heterocycles. The number of thioether (sulfide) groups is 1. The molecule has 1 atom stereocenters. The largest absolute Gasteiger partial charge is 0.329 e. The summed E-state index contributed by atoms with van der Waals surface area (Å²) in [6.07, 6.45) is 5.50. The SMILES string of the molecule is CN(C1CCC1)C1(CN)CCSC1. The molecule has 1 heterocycles. The second kappa shape index (κ2) is 3.79. The highest BCUT2D eigenvalue weighted by Crippen LogP contribution is 2.37. The third-order valence-electron chi connectivity index (χ3n) is 3.83. The second-order valence-corrected chi connectivity index (χ2v) is 5.53. The summed E-state index contributed by atoms with van der Waals surface area (Å²) in [5, 5.41) is 0. The van der Waals surface area contributed by atoms with Crippen LogP contribution in [0.3, 0.4) is 0 Å². The Morgan fingerprint density at radius 2 is 2.31 bits per heavy atom. The number of hydrogen-bond acceptors (Lipinski definition) is 3. The first kappa shape index (κ1) is 9.81. The predicted molar refractivity (Wildman–Crippen MR) is 59.1 cm³/mol. The van der Waals surface area contributed by atoms with E-state index in [-0.39, 0.29) is 0 Å². The molecular formula is C10H20N2S. The summed E-state index contributed by atoms with van der Waals surface area (Å²) in [5.41, 5.74) is 6.27. The van der Waals surface area contributed by atoms with Gasteiger partial charge in [-0.05, 0) is 32.1 Å². The normalized spacial score (nSPS) is 35.3. The molecule has 2 aliphatic rings. The molecule has 0 radical (unpaired) electrons. The maximum atomic E-state index is 5.93. The molecular weight excluding hydrogens is 180 g/mol. The molecule has 1 saturated carbocycles. The van der Waals surface area contributed by atoms with E-state index in [0.717, 1.165) is 12.6 Å². The Balaban J connectivity index is 2.01. The lowest BCUT2D eigenvalue weighted by Crippen LogP contribution is -2.57. The number of rotatable bonds is 3. The first-order valence-electron chi connectivity index (χ1n) is 5.29. The van der Waals surface area contributed by atoms with Gasteiger partial charge in [0.15, 0.2) is 0 Å². The van der Waals surface area contributed by atoms with Crippen molar-refractivity contribution in [2.75, 3.05) is 25.1 Å². The highest BCUT2D eigenvalue weighted by atomic mass is 32.2. The van der Waals surface area contributed by atoms with E-state index in [0.29, 0.717) is 5.54 Å². The summed E-state index contributed by atoms with van der Waals surface area (Å²) >= 11 is 2.06. The van der Waals surface area contributed by atoms with Crippen LogP contribution in [0.25, 0.3) is 0 Å². The monoisotopic (exact) mass is 200 g/mol. The minimum absolute atomic E-state index is 0.343. The van der Waals surface area contributed by atoms with Gasteiger partial charge in [-0.2, -0.15) is 11.8 Å². The Bertz CT molecular complexity index is 174. The Hall–Kier alpha value is 0.270. The summed E-state index contributed by atoms with van der Waals surface area (Å²) in [6, 6.07) is 0.835. The van der Waals surface area contributed by atoms with E-state index in [1.165, 1.54) is 37.2 Å². The smallest absolute Gasteiger partial charge is 0.0429 e. The molecule has 0 aromatic rings. The van der Waals surface area contributed by atoms with Gasteiger partial charge in [0.2, 0.25) is 0 Å². The minimum Gasteiger partial charge on any atom is -0.329 e. The average molecular weight is 200 g/mol. The Morgan fingerprint density at radius 1 is 1.54 bits per heavy atom. The van der Waals surface area contributed by atoms with Gasteiger partial charge in [-0.25, -0.2) is 0 Å². The lowest BCUT2D eigenvalue weighted by Gasteiger charge is -2.46. The Kier molecular flexibility index (Phi) is 2.86. The van der Waals surface area contributed by atoms with E-state index in [2.05, 4.69) is 23.7 Å². The van der Waals surface area contributed by atoms with Crippen LogP contribution >= 0.6 is 11.8 Å². The van der Waals surface area contributed by atoms with Gasteiger partial charge in [-0.3, -0.25) is 4.90 Å². The van der Waals surface area contributed by atoms with Crippen molar-refractivity contribution in [1.82, 2.24) is 4.90 Å². The van der Waals surface area contributed by atoms with Crippen LogP contribution in [-0.4, -0.2) is 41.6 Å². The van der Waals surface area contributed by atoms with Crippen LogP contribution in [0.4, 0.5) is 0 Å². The lowest BCUT2D eigenvalue weighted by atomic mass is 9.86. The summed E-state index contributed by atoms with van der Waals surface area (Å²) in [6.45, 7) is 0.840. The lowest BCUT2D eigenvalue weighted by molar-refractivity contribution is 0.0548. The van der Waals surface area contributed by atoms with Crippen LogP contribution in [0.15, 0.2) is 0 Å². The van der Waals surface area contributed by atoms with Crippen molar-refractivity contribution >= 4 is 11.8 Å². The van der Waals surface area contributed by atoms with Gasteiger partial charge in [-0.15, -0.1) is 0 Å². The van der Waals surface area contributed by atoms with Crippen LogP contribution in [0.5, 0.6) is 0 Å². The van der Waals surface area contributed by atoms with Crippen molar-refractivity contribution in [3.63, 3.8) is 0 Å². The zero-order valence-electron chi connectivity index (χ0n) is 8.46. The van der Waals surface area contributed by atoms with E-state index in [1.807, 2.05) is 0 Å². The van der Waals surface area contributed by atoms with E-state index in [9.17, 15) is 0 Å². The van der Waals surface area contributed by atoms with E-state index in [1.54, 1.807) is 0 Å². The molecule has 3 heteroatoms. The van der Waals surface area contributed by atoms with Crippen molar-refractivity contribution in [2.24, 2.45) is 5.73 Å². The molecule has 0 spiro atoms. The second-order valence-electron chi connectivity index (χ2n) is 4.43. The zero-order chi connectivity index (χ0) is 9.31. The van der Waals surface area contributed by atoms with Crippen LogP contribution in [0.1, 0.15) is 25.7 Å². The quantitative estimate of drug-likeness (QED) is 0.745. The number of nitrogens with two attached hydrogens (primary N) is 1. The average Bonchev–Trinajstić information content (AvgIpc) is 2.49. The number of nitrogens with zero attached hydrogens (tertiary/aromatic N) is 1. The van der Waals surface area contributed by atoms with Crippen molar-refractivity contribution in [3.8, 4) is 0 Å². The molecule has 2 N–H and O–H groups in total. The molecule has 1 unspecified atom stereocenters. The van der Waals surface area contributed by atoms with Gasteiger partial charge in [0, 0.05) is 23.9 Å². The number of hydrogen-bond donors (Lipinski definition) is 1. The molecule has 2 nitrogen and oxygen atoms in total.